The maximum Gasteiger partial charge on any atom is 0.0907 e. The SMILES string of the molecule is CCCCCCCC[N+]1(C(C)(C)C)CCCCC1. The maximum atomic E-state index is 2.45. The van der Waals surface area contributed by atoms with Crippen LogP contribution in [0.25, 0.3) is 0 Å². The number of unbranched alkanes of at least 4 members (excludes halogenated alkanes) is 5. The lowest BCUT2D eigenvalue weighted by atomic mass is 9.94. The van der Waals surface area contributed by atoms with Gasteiger partial charge in [-0.05, 0) is 52.9 Å². The van der Waals surface area contributed by atoms with E-state index < -0.39 is 0 Å². The zero-order valence-electron chi connectivity index (χ0n) is 13.4. The smallest absolute Gasteiger partial charge is 0.0907 e. The van der Waals surface area contributed by atoms with Crippen molar-refractivity contribution in [1.82, 2.24) is 0 Å². The molecule has 0 aromatic rings. The van der Waals surface area contributed by atoms with E-state index in [1.807, 2.05) is 0 Å². The molecule has 1 aliphatic rings. The predicted octanol–water partition coefficient (Wildman–Crippen LogP) is 5.15. The highest BCUT2D eigenvalue weighted by Crippen LogP contribution is 2.31. The van der Waals surface area contributed by atoms with E-state index in [-0.39, 0.29) is 0 Å². The summed E-state index contributed by atoms with van der Waals surface area (Å²) < 4.78 is 1.39. The van der Waals surface area contributed by atoms with Gasteiger partial charge in [0, 0.05) is 0 Å². The molecule has 1 heterocycles. The Morgan fingerprint density at radius 2 is 1.33 bits per heavy atom. The number of hydrogen-bond acceptors (Lipinski definition) is 0. The third-order valence-electron chi connectivity index (χ3n) is 5.04. The summed E-state index contributed by atoms with van der Waals surface area (Å²) in [5.74, 6) is 0. The second-order valence-corrected chi connectivity index (χ2v) is 7.32. The van der Waals surface area contributed by atoms with Crippen molar-refractivity contribution in [2.24, 2.45) is 0 Å². The van der Waals surface area contributed by atoms with Gasteiger partial charge in [-0.1, -0.05) is 32.6 Å². The molecular weight excluding hydrogens is 218 g/mol. The van der Waals surface area contributed by atoms with E-state index >= 15 is 0 Å². The Bertz CT molecular complexity index is 208. The van der Waals surface area contributed by atoms with E-state index in [1.54, 1.807) is 0 Å². The summed E-state index contributed by atoms with van der Waals surface area (Å²) in [5, 5.41) is 0. The fraction of sp³-hybridized carbons (Fsp3) is 1.00. The summed E-state index contributed by atoms with van der Waals surface area (Å²) >= 11 is 0. The number of quaternary nitrogens is 1. The van der Waals surface area contributed by atoms with E-state index in [2.05, 4.69) is 27.7 Å². The van der Waals surface area contributed by atoms with Gasteiger partial charge in [-0.25, -0.2) is 0 Å². The third-order valence-corrected chi connectivity index (χ3v) is 5.04. The molecule has 0 radical (unpaired) electrons. The molecule has 0 bridgehead atoms. The van der Waals surface area contributed by atoms with Gasteiger partial charge in [-0.2, -0.15) is 0 Å². The lowest BCUT2D eigenvalue weighted by molar-refractivity contribution is -0.974. The normalized spacial score (nSPS) is 20.0. The highest BCUT2D eigenvalue weighted by Gasteiger charge is 2.40. The second-order valence-electron chi connectivity index (χ2n) is 7.32. The van der Waals surface area contributed by atoms with E-state index in [1.165, 1.54) is 81.9 Å². The van der Waals surface area contributed by atoms with Crippen molar-refractivity contribution in [3.8, 4) is 0 Å². The molecule has 0 aromatic heterocycles. The van der Waals surface area contributed by atoms with Gasteiger partial charge >= 0.3 is 0 Å². The molecule has 1 saturated heterocycles. The van der Waals surface area contributed by atoms with Gasteiger partial charge in [0.2, 0.25) is 0 Å². The minimum Gasteiger partial charge on any atom is -0.319 e. The quantitative estimate of drug-likeness (QED) is 0.435. The van der Waals surface area contributed by atoms with Crippen molar-refractivity contribution in [2.45, 2.75) is 91.0 Å². The molecule has 1 fully saturated rings. The average Bonchev–Trinajstić information content (AvgIpc) is 2.33. The Hall–Kier alpha value is -0.0400. The summed E-state index contributed by atoms with van der Waals surface area (Å²) in [6, 6.07) is 0. The first-order valence-electron chi connectivity index (χ1n) is 8.38. The first-order valence-corrected chi connectivity index (χ1v) is 8.38. The highest BCUT2D eigenvalue weighted by atomic mass is 15.4. The highest BCUT2D eigenvalue weighted by molar-refractivity contribution is 4.68. The Morgan fingerprint density at radius 1 is 0.778 bits per heavy atom. The van der Waals surface area contributed by atoms with Crippen LogP contribution in [0.1, 0.15) is 85.5 Å². The first-order chi connectivity index (χ1) is 8.52. The van der Waals surface area contributed by atoms with Crippen LogP contribution < -0.4 is 0 Å². The van der Waals surface area contributed by atoms with Gasteiger partial charge in [0.15, 0.2) is 0 Å². The van der Waals surface area contributed by atoms with Crippen molar-refractivity contribution in [3.63, 3.8) is 0 Å². The summed E-state index contributed by atoms with van der Waals surface area (Å²) in [6.07, 6.45) is 13.0. The molecule has 0 atom stereocenters. The van der Waals surface area contributed by atoms with E-state index in [0.717, 1.165) is 0 Å². The standard InChI is InChI=1S/C17H36N/c1-5-6-7-8-9-11-14-18(17(2,3)4)15-12-10-13-16-18/h5-16H2,1-4H3/q+1. The van der Waals surface area contributed by atoms with Gasteiger partial charge in [0.05, 0.1) is 25.2 Å². The fourth-order valence-electron chi connectivity index (χ4n) is 3.54. The monoisotopic (exact) mass is 254 g/mol. The maximum absolute atomic E-state index is 2.45. The number of likely N-dealkylation sites (tertiary alicyclic amines) is 1. The summed E-state index contributed by atoms with van der Waals surface area (Å²) in [6.45, 7) is 13.9. The molecular formula is C17H36N+. The Balaban J connectivity index is 2.33. The van der Waals surface area contributed by atoms with Gasteiger partial charge in [-0.15, -0.1) is 0 Å². The summed E-state index contributed by atoms with van der Waals surface area (Å²) in [4.78, 5) is 0. The predicted molar refractivity (Wildman–Crippen MR) is 81.8 cm³/mol. The largest absolute Gasteiger partial charge is 0.319 e. The van der Waals surface area contributed by atoms with Crippen LogP contribution >= 0.6 is 0 Å². The van der Waals surface area contributed by atoms with Crippen molar-refractivity contribution in [1.29, 1.82) is 0 Å². The van der Waals surface area contributed by atoms with Crippen molar-refractivity contribution in [3.05, 3.63) is 0 Å². The van der Waals surface area contributed by atoms with Crippen LogP contribution in [0.2, 0.25) is 0 Å². The first kappa shape index (κ1) is 16.0. The van der Waals surface area contributed by atoms with Crippen LogP contribution in [0, 0.1) is 0 Å². The Kier molecular flexibility index (Phi) is 6.70. The summed E-state index contributed by atoms with van der Waals surface area (Å²) in [5.41, 5.74) is 0.448. The number of rotatable bonds is 7. The molecule has 0 N–H and O–H groups in total. The van der Waals surface area contributed by atoms with Crippen LogP contribution in [0.15, 0.2) is 0 Å². The molecule has 1 nitrogen and oxygen atoms in total. The minimum atomic E-state index is 0.448. The van der Waals surface area contributed by atoms with Crippen LogP contribution in [0.5, 0.6) is 0 Å². The van der Waals surface area contributed by atoms with E-state index in [9.17, 15) is 0 Å². The Labute approximate surface area is 116 Å². The minimum absolute atomic E-state index is 0.448. The molecule has 0 saturated carbocycles. The molecule has 0 spiro atoms. The molecule has 0 unspecified atom stereocenters. The summed E-state index contributed by atoms with van der Waals surface area (Å²) in [7, 11) is 0. The topological polar surface area (TPSA) is 0 Å². The lowest BCUT2D eigenvalue weighted by Crippen LogP contribution is -2.62. The molecule has 1 aliphatic heterocycles. The van der Waals surface area contributed by atoms with Crippen LogP contribution in [-0.4, -0.2) is 29.7 Å². The Morgan fingerprint density at radius 3 is 1.89 bits per heavy atom. The average molecular weight is 254 g/mol. The van der Waals surface area contributed by atoms with Gasteiger partial charge in [0.25, 0.3) is 0 Å². The molecule has 1 rings (SSSR count). The number of nitrogens with zero attached hydrogens (tertiary/aromatic N) is 1. The van der Waals surface area contributed by atoms with Crippen molar-refractivity contribution >= 4 is 0 Å². The molecule has 0 aliphatic carbocycles. The second kappa shape index (κ2) is 7.53. The van der Waals surface area contributed by atoms with Crippen LogP contribution in [0.4, 0.5) is 0 Å². The van der Waals surface area contributed by atoms with E-state index in [0.29, 0.717) is 5.54 Å². The van der Waals surface area contributed by atoms with Crippen molar-refractivity contribution in [2.75, 3.05) is 19.6 Å². The molecule has 0 aromatic carbocycles. The van der Waals surface area contributed by atoms with Crippen LogP contribution in [0.3, 0.4) is 0 Å². The van der Waals surface area contributed by atoms with Crippen LogP contribution in [-0.2, 0) is 0 Å². The molecule has 108 valence electrons. The fourth-order valence-corrected chi connectivity index (χ4v) is 3.54. The molecule has 0 amide bonds. The van der Waals surface area contributed by atoms with Gasteiger partial charge in [-0.3, -0.25) is 0 Å². The number of piperidine rings is 1. The zero-order valence-corrected chi connectivity index (χ0v) is 13.4. The van der Waals surface area contributed by atoms with Gasteiger partial charge < -0.3 is 4.48 Å². The zero-order chi connectivity index (χ0) is 13.5. The molecule has 18 heavy (non-hydrogen) atoms. The number of hydrogen-bond donors (Lipinski definition) is 0. The van der Waals surface area contributed by atoms with Crippen molar-refractivity contribution < 1.29 is 4.48 Å². The lowest BCUT2D eigenvalue weighted by Gasteiger charge is -2.51. The van der Waals surface area contributed by atoms with E-state index in [4.69, 9.17) is 0 Å². The van der Waals surface area contributed by atoms with Gasteiger partial charge in [0.1, 0.15) is 0 Å². The molecule has 1 heteroatoms. The third kappa shape index (κ3) is 4.57.